The van der Waals surface area contributed by atoms with Crippen LogP contribution in [0.3, 0.4) is 0 Å². The summed E-state index contributed by atoms with van der Waals surface area (Å²) in [5.41, 5.74) is 0.685. The van der Waals surface area contributed by atoms with Crippen molar-refractivity contribution in [3.8, 4) is 5.75 Å². The molecule has 0 aliphatic rings. The summed E-state index contributed by atoms with van der Waals surface area (Å²) in [5, 5.41) is 8.91. The average molecular weight is 301 g/mol. The fourth-order valence-electron chi connectivity index (χ4n) is 1.63. The topological polar surface area (TPSA) is 83.9 Å². The lowest BCUT2D eigenvalue weighted by Gasteiger charge is -2.21. The molecule has 6 nitrogen and oxygen atoms in total. The molecule has 7 heteroatoms. The van der Waals surface area contributed by atoms with Crippen molar-refractivity contribution in [2.45, 2.75) is 31.7 Å². The molecule has 1 aromatic rings. The minimum atomic E-state index is -3.84. The first-order chi connectivity index (χ1) is 9.21. The molecule has 112 valence electrons. The molecule has 0 saturated heterocycles. The normalized spacial score (nSPS) is 13.2. The SMILES string of the molecule is CCOc1ccc(S(=O)(=O)N(C)C(C)C(=O)O)cc1C. The van der Waals surface area contributed by atoms with E-state index in [4.69, 9.17) is 9.84 Å². The first-order valence-corrected chi connectivity index (χ1v) is 7.60. The van der Waals surface area contributed by atoms with Crippen LogP contribution in [0.25, 0.3) is 0 Å². The number of likely N-dealkylation sites (N-methyl/N-ethyl adjacent to an activating group) is 1. The van der Waals surface area contributed by atoms with Crippen molar-refractivity contribution >= 4 is 16.0 Å². The highest BCUT2D eigenvalue weighted by atomic mass is 32.2. The van der Waals surface area contributed by atoms with Gasteiger partial charge in [-0.3, -0.25) is 4.79 Å². The Hall–Kier alpha value is -1.60. The van der Waals surface area contributed by atoms with Gasteiger partial charge >= 0.3 is 5.97 Å². The Kier molecular flexibility index (Phi) is 5.13. The molecule has 0 saturated carbocycles. The fraction of sp³-hybridized carbons (Fsp3) is 0.462. The lowest BCUT2D eigenvalue weighted by molar-refractivity contribution is -0.140. The van der Waals surface area contributed by atoms with Gasteiger partial charge in [0.25, 0.3) is 0 Å². The van der Waals surface area contributed by atoms with E-state index < -0.39 is 22.0 Å². The standard InChI is InChI=1S/C13H19NO5S/c1-5-19-12-7-6-11(8-9(12)2)20(17,18)14(4)10(3)13(15)16/h6-8,10H,5H2,1-4H3,(H,15,16). The van der Waals surface area contributed by atoms with Crippen molar-refractivity contribution in [3.05, 3.63) is 23.8 Å². The van der Waals surface area contributed by atoms with Gasteiger partial charge in [0.1, 0.15) is 11.8 Å². The van der Waals surface area contributed by atoms with E-state index in [9.17, 15) is 13.2 Å². The molecule has 0 aliphatic carbocycles. The Morgan fingerprint density at radius 2 is 2.05 bits per heavy atom. The average Bonchev–Trinajstić information content (AvgIpc) is 2.39. The highest BCUT2D eigenvalue weighted by Gasteiger charge is 2.29. The maximum atomic E-state index is 12.3. The zero-order valence-electron chi connectivity index (χ0n) is 12.0. The first-order valence-electron chi connectivity index (χ1n) is 6.16. The molecule has 1 aromatic carbocycles. The third kappa shape index (κ3) is 3.29. The second kappa shape index (κ2) is 6.23. The van der Waals surface area contributed by atoms with Crippen LogP contribution < -0.4 is 4.74 Å². The monoisotopic (exact) mass is 301 g/mol. The van der Waals surface area contributed by atoms with Crippen LogP contribution in [0.2, 0.25) is 0 Å². The smallest absolute Gasteiger partial charge is 0.321 e. The van der Waals surface area contributed by atoms with Crippen molar-refractivity contribution in [2.75, 3.05) is 13.7 Å². The summed E-state index contributed by atoms with van der Waals surface area (Å²) in [4.78, 5) is 10.9. The Morgan fingerprint density at radius 3 is 2.50 bits per heavy atom. The van der Waals surface area contributed by atoms with Crippen LogP contribution in [0, 0.1) is 6.92 Å². The summed E-state index contributed by atoms with van der Waals surface area (Å²) in [5.74, 6) is -0.584. The maximum absolute atomic E-state index is 12.3. The molecule has 20 heavy (non-hydrogen) atoms. The zero-order valence-corrected chi connectivity index (χ0v) is 12.8. The summed E-state index contributed by atoms with van der Waals surface area (Å²) in [6.07, 6.45) is 0. The minimum absolute atomic E-state index is 0.0500. The summed E-state index contributed by atoms with van der Waals surface area (Å²) in [7, 11) is -2.59. The van der Waals surface area contributed by atoms with Crippen molar-refractivity contribution < 1.29 is 23.1 Å². The Bertz CT molecular complexity index is 597. The Labute approximate surface area is 119 Å². The van der Waals surface area contributed by atoms with Gasteiger partial charge in [-0.15, -0.1) is 0 Å². The second-order valence-electron chi connectivity index (χ2n) is 4.40. The van der Waals surface area contributed by atoms with Gasteiger partial charge in [-0.05, 0) is 44.5 Å². The van der Waals surface area contributed by atoms with Gasteiger partial charge in [0.2, 0.25) is 10.0 Å². The minimum Gasteiger partial charge on any atom is -0.494 e. The van der Waals surface area contributed by atoms with E-state index in [2.05, 4.69) is 0 Å². The van der Waals surface area contributed by atoms with E-state index in [1.54, 1.807) is 13.0 Å². The lowest BCUT2D eigenvalue weighted by Crippen LogP contribution is -2.40. The van der Waals surface area contributed by atoms with E-state index in [1.807, 2.05) is 6.92 Å². The van der Waals surface area contributed by atoms with E-state index >= 15 is 0 Å². The highest BCUT2D eigenvalue weighted by molar-refractivity contribution is 7.89. The molecule has 0 spiro atoms. The number of benzene rings is 1. The van der Waals surface area contributed by atoms with Gasteiger partial charge in [0.05, 0.1) is 11.5 Å². The summed E-state index contributed by atoms with van der Waals surface area (Å²) < 4.78 is 30.8. The van der Waals surface area contributed by atoms with Crippen molar-refractivity contribution in [1.82, 2.24) is 4.31 Å². The van der Waals surface area contributed by atoms with E-state index in [0.29, 0.717) is 17.9 Å². The van der Waals surface area contributed by atoms with Crippen LogP contribution in [0.15, 0.2) is 23.1 Å². The zero-order chi connectivity index (χ0) is 15.5. The number of aryl methyl sites for hydroxylation is 1. The number of hydrogen-bond donors (Lipinski definition) is 1. The van der Waals surface area contributed by atoms with Crippen molar-refractivity contribution in [2.24, 2.45) is 0 Å². The van der Waals surface area contributed by atoms with Crippen LogP contribution in [0.5, 0.6) is 5.75 Å². The quantitative estimate of drug-likeness (QED) is 0.860. The molecule has 1 unspecified atom stereocenters. The number of carboxylic acid groups (broad SMARTS) is 1. The Morgan fingerprint density at radius 1 is 1.45 bits per heavy atom. The third-order valence-corrected chi connectivity index (χ3v) is 4.95. The third-order valence-electron chi connectivity index (χ3n) is 3.03. The molecule has 1 rings (SSSR count). The maximum Gasteiger partial charge on any atom is 0.321 e. The molecule has 0 bridgehead atoms. The summed E-state index contributed by atoms with van der Waals surface area (Å²) in [6, 6.07) is 3.33. The highest BCUT2D eigenvalue weighted by Crippen LogP contribution is 2.24. The fourth-order valence-corrected chi connectivity index (χ4v) is 3.03. The number of ether oxygens (including phenoxy) is 1. The van der Waals surface area contributed by atoms with Crippen LogP contribution in [0.1, 0.15) is 19.4 Å². The van der Waals surface area contributed by atoms with Crippen LogP contribution in [0.4, 0.5) is 0 Å². The van der Waals surface area contributed by atoms with Crippen molar-refractivity contribution in [1.29, 1.82) is 0 Å². The number of aliphatic carboxylic acids is 1. The van der Waals surface area contributed by atoms with Gasteiger partial charge in [-0.25, -0.2) is 8.42 Å². The van der Waals surface area contributed by atoms with Crippen molar-refractivity contribution in [3.63, 3.8) is 0 Å². The van der Waals surface area contributed by atoms with Crippen LogP contribution in [-0.2, 0) is 14.8 Å². The van der Waals surface area contributed by atoms with E-state index in [1.165, 1.54) is 26.1 Å². The number of carboxylic acids is 1. The van der Waals surface area contributed by atoms with Crippen LogP contribution in [-0.4, -0.2) is 43.5 Å². The number of rotatable bonds is 6. The van der Waals surface area contributed by atoms with E-state index in [-0.39, 0.29) is 4.90 Å². The van der Waals surface area contributed by atoms with Gasteiger partial charge < -0.3 is 9.84 Å². The van der Waals surface area contributed by atoms with E-state index in [0.717, 1.165) is 4.31 Å². The molecule has 1 N–H and O–H groups in total. The predicted molar refractivity (Wildman–Crippen MR) is 74.4 cm³/mol. The molecule has 1 atom stereocenters. The number of sulfonamides is 1. The second-order valence-corrected chi connectivity index (χ2v) is 6.39. The predicted octanol–water partition coefficient (Wildman–Crippen LogP) is 1.49. The largest absolute Gasteiger partial charge is 0.494 e. The molecule has 0 amide bonds. The molecule has 0 aromatic heterocycles. The van der Waals surface area contributed by atoms with Gasteiger partial charge in [0, 0.05) is 7.05 Å². The van der Waals surface area contributed by atoms with Gasteiger partial charge in [0.15, 0.2) is 0 Å². The van der Waals surface area contributed by atoms with Crippen LogP contribution >= 0.6 is 0 Å². The summed E-state index contributed by atoms with van der Waals surface area (Å²) >= 11 is 0. The molecular weight excluding hydrogens is 282 g/mol. The molecule has 0 fully saturated rings. The van der Waals surface area contributed by atoms with Gasteiger partial charge in [-0.2, -0.15) is 4.31 Å². The number of hydrogen-bond acceptors (Lipinski definition) is 4. The lowest BCUT2D eigenvalue weighted by atomic mass is 10.2. The number of nitrogens with zero attached hydrogens (tertiary/aromatic N) is 1. The first kappa shape index (κ1) is 16.5. The van der Waals surface area contributed by atoms with Gasteiger partial charge in [-0.1, -0.05) is 0 Å². The molecule has 0 radical (unpaired) electrons. The molecular formula is C13H19NO5S. The number of carbonyl (C=O) groups is 1. The summed E-state index contributed by atoms with van der Waals surface area (Å²) in [6.45, 7) is 5.39. The Balaban J connectivity index is 3.16. The molecule has 0 aliphatic heterocycles. The molecule has 0 heterocycles.